The molecule has 0 saturated carbocycles. The van der Waals surface area contributed by atoms with Crippen LogP contribution in [0.15, 0.2) is 36.5 Å². The summed E-state index contributed by atoms with van der Waals surface area (Å²) < 4.78 is 0. The Kier molecular flexibility index (Phi) is 22.2. The zero-order chi connectivity index (χ0) is 14.3. The van der Waals surface area contributed by atoms with Gasteiger partial charge in [-0.1, -0.05) is 71.1 Å². The third-order valence-corrected chi connectivity index (χ3v) is 2.04. The minimum atomic E-state index is 0.544. The summed E-state index contributed by atoms with van der Waals surface area (Å²) in [6.07, 6.45) is 5.21. The highest BCUT2D eigenvalue weighted by Gasteiger charge is 2.02. The molecule has 0 aliphatic heterocycles. The van der Waals surface area contributed by atoms with Crippen molar-refractivity contribution in [1.82, 2.24) is 5.32 Å². The molecule has 1 heteroatoms. The van der Waals surface area contributed by atoms with E-state index in [1.165, 1.54) is 5.57 Å². The van der Waals surface area contributed by atoms with Crippen LogP contribution in [-0.4, -0.2) is 13.6 Å². The van der Waals surface area contributed by atoms with Crippen molar-refractivity contribution in [1.29, 1.82) is 0 Å². The number of hydrogen-bond acceptors (Lipinski definition) is 1. The van der Waals surface area contributed by atoms with Crippen molar-refractivity contribution in [2.45, 2.75) is 48.0 Å². The highest BCUT2D eigenvalue weighted by Crippen LogP contribution is 2.13. The largest absolute Gasteiger partial charge is 0.320 e. The summed E-state index contributed by atoms with van der Waals surface area (Å²) in [4.78, 5) is 0. The fourth-order valence-electron chi connectivity index (χ4n) is 0.960. The average Bonchev–Trinajstić information content (AvgIpc) is 2.37. The van der Waals surface area contributed by atoms with Crippen LogP contribution >= 0.6 is 0 Å². The third-order valence-electron chi connectivity index (χ3n) is 2.04. The van der Waals surface area contributed by atoms with Gasteiger partial charge in [0.05, 0.1) is 0 Å². The maximum absolute atomic E-state index is 4.02. The quantitative estimate of drug-likeness (QED) is 0.645. The Labute approximate surface area is 110 Å². The van der Waals surface area contributed by atoms with Gasteiger partial charge in [0.2, 0.25) is 0 Å². The first-order chi connectivity index (χ1) is 8.07. The predicted molar refractivity (Wildman–Crippen MR) is 83.5 cm³/mol. The van der Waals surface area contributed by atoms with E-state index < -0.39 is 0 Å². The molecule has 0 radical (unpaired) electrons. The number of allylic oxidation sites excluding steroid dienone is 4. The van der Waals surface area contributed by atoms with Gasteiger partial charge in [-0.05, 0) is 32.9 Å². The first kappa shape index (κ1) is 21.5. The van der Waals surface area contributed by atoms with Crippen molar-refractivity contribution >= 4 is 0 Å². The van der Waals surface area contributed by atoms with Crippen LogP contribution in [0.2, 0.25) is 0 Å². The van der Waals surface area contributed by atoms with Crippen molar-refractivity contribution in [3.05, 3.63) is 36.5 Å². The van der Waals surface area contributed by atoms with Crippen molar-refractivity contribution < 1.29 is 0 Å². The maximum Gasteiger partial charge on any atom is -0.00462 e. The molecule has 0 aliphatic rings. The van der Waals surface area contributed by atoms with E-state index in [0.717, 1.165) is 18.5 Å². The Hall–Kier alpha value is -0.820. The van der Waals surface area contributed by atoms with Crippen molar-refractivity contribution in [2.75, 3.05) is 13.6 Å². The fourth-order valence-corrected chi connectivity index (χ4v) is 0.960. The van der Waals surface area contributed by atoms with Gasteiger partial charge in [0.1, 0.15) is 0 Å². The molecule has 17 heavy (non-hydrogen) atoms. The van der Waals surface area contributed by atoms with Crippen LogP contribution in [0.1, 0.15) is 48.0 Å². The van der Waals surface area contributed by atoms with Gasteiger partial charge in [-0.2, -0.15) is 0 Å². The lowest BCUT2D eigenvalue weighted by molar-refractivity contribution is 0.595. The Balaban J connectivity index is -0.000000439. The van der Waals surface area contributed by atoms with Crippen LogP contribution in [0.5, 0.6) is 0 Å². The second-order valence-corrected chi connectivity index (χ2v) is 3.55. The normalized spacial score (nSPS) is 10.8. The molecule has 0 amide bonds. The molecule has 0 aromatic rings. The van der Waals surface area contributed by atoms with E-state index in [0.29, 0.717) is 5.92 Å². The van der Waals surface area contributed by atoms with Gasteiger partial charge in [-0.25, -0.2) is 0 Å². The fraction of sp³-hybridized carbons (Fsp3) is 0.625. The first-order valence-corrected chi connectivity index (χ1v) is 6.75. The molecule has 102 valence electrons. The number of rotatable bonds is 6. The van der Waals surface area contributed by atoms with Gasteiger partial charge >= 0.3 is 0 Å². The molecule has 0 bridgehead atoms. The van der Waals surface area contributed by atoms with Gasteiger partial charge in [-0.3, -0.25) is 0 Å². The molecule has 0 rings (SSSR count). The zero-order valence-electron chi connectivity index (χ0n) is 13.1. The molecule has 0 aliphatic carbocycles. The standard InChI is InChI=1S/C12H21N.2C2H6/c1-10(2)6-7-11(3)12(4)8-9-13-5;2*1-2/h6-7,12-13H,1,3,8-9H2,2,4-5H3;2*1-2H3/b7-6-;;. The van der Waals surface area contributed by atoms with Crippen LogP contribution in [0, 0.1) is 5.92 Å². The third kappa shape index (κ3) is 17.8. The molecule has 1 atom stereocenters. The maximum atomic E-state index is 4.02. The highest BCUT2D eigenvalue weighted by atomic mass is 14.8. The van der Waals surface area contributed by atoms with Crippen LogP contribution in [-0.2, 0) is 0 Å². The van der Waals surface area contributed by atoms with Gasteiger partial charge < -0.3 is 5.32 Å². The minimum Gasteiger partial charge on any atom is -0.320 e. The average molecular weight is 239 g/mol. The summed E-state index contributed by atoms with van der Waals surface area (Å²) in [6, 6.07) is 0. The second-order valence-electron chi connectivity index (χ2n) is 3.55. The van der Waals surface area contributed by atoms with E-state index in [1.54, 1.807) is 0 Å². The van der Waals surface area contributed by atoms with Crippen molar-refractivity contribution in [3.8, 4) is 0 Å². The lowest BCUT2D eigenvalue weighted by Gasteiger charge is -2.10. The molecular formula is C16H33N. The Morgan fingerprint density at radius 1 is 1.12 bits per heavy atom. The monoisotopic (exact) mass is 239 g/mol. The summed E-state index contributed by atoms with van der Waals surface area (Å²) in [5, 5.41) is 3.14. The van der Waals surface area contributed by atoms with Gasteiger partial charge in [0, 0.05) is 0 Å². The molecule has 1 unspecified atom stereocenters. The molecule has 0 aromatic heterocycles. The van der Waals surface area contributed by atoms with Crippen LogP contribution in [0.4, 0.5) is 0 Å². The molecule has 0 saturated heterocycles. The molecule has 1 N–H and O–H groups in total. The Morgan fingerprint density at radius 3 is 1.94 bits per heavy atom. The highest BCUT2D eigenvalue weighted by molar-refractivity contribution is 5.24. The molecule has 0 heterocycles. The lowest BCUT2D eigenvalue weighted by Crippen LogP contribution is -2.11. The Bertz CT molecular complexity index is 202. The molecule has 0 fully saturated rings. The van der Waals surface area contributed by atoms with E-state index in [-0.39, 0.29) is 0 Å². The van der Waals surface area contributed by atoms with Crippen LogP contribution < -0.4 is 5.32 Å². The van der Waals surface area contributed by atoms with E-state index in [4.69, 9.17) is 0 Å². The first-order valence-electron chi connectivity index (χ1n) is 6.75. The summed E-state index contributed by atoms with van der Waals surface area (Å²) in [5.41, 5.74) is 2.25. The van der Waals surface area contributed by atoms with Gasteiger partial charge in [0.15, 0.2) is 0 Å². The zero-order valence-corrected chi connectivity index (χ0v) is 13.1. The van der Waals surface area contributed by atoms with E-state index in [2.05, 4.69) is 31.5 Å². The summed E-state index contributed by atoms with van der Waals surface area (Å²) in [6.45, 7) is 21.1. The SMILES string of the molecule is C=C(C)/C=C\C(=C)C(C)CCNC.CC.CC. The lowest BCUT2D eigenvalue weighted by atomic mass is 9.98. The van der Waals surface area contributed by atoms with E-state index in [1.807, 2.05) is 47.7 Å². The Morgan fingerprint density at radius 2 is 1.59 bits per heavy atom. The molecule has 0 aromatic carbocycles. The number of nitrogens with one attached hydrogen (secondary N) is 1. The predicted octanol–water partition coefficient (Wildman–Crippen LogP) is 4.97. The summed E-state index contributed by atoms with van der Waals surface area (Å²) in [5.74, 6) is 0.544. The second kappa shape index (κ2) is 17.6. The molecular weight excluding hydrogens is 206 g/mol. The minimum absolute atomic E-state index is 0.544. The van der Waals surface area contributed by atoms with Crippen LogP contribution in [0.3, 0.4) is 0 Å². The van der Waals surface area contributed by atoms with Crippen molar-refractivity contribution in [2.24, 2.45) is 5.92 Å². The number of hydrogen-bond donors (Lipinski definition) is 1. The van der Waals surface area contributed by atoms with Crippen LogP contribution in [0.25, 0.3) is 0 Å². The van der Waals surface area contributed by atoms with E-state index >= 15 is 0 Å². The summed E-state index contributed by atoms with van der Waals surface area (Å²) >= 11 is 0. The molecule has 0 spiro atoms. The van der Waals surface area contributed by atoms with Crippen molar-refractivity contribution in [3.63, 3.8) is 0 Å². The van der Waals surface area contributed by atoms with E-state index in [9.17, 15) is 0 Å². The summed E-state index contributed by atoms with van der Waals surface area (Å²) in [7, 11) is 1.97. The smallest absolute Gasteiger partial charge is 0.00462 e. The molecule has 1 nitrogen and oxygen atoms in total. The topological polar surface area (TPSA) is 12.0 Å². The van der Waals surface area contributed by atoms with Gasteiger partial charge in [-0.15, -0.1) is 0 Å². The van der Waals surface area contributed by atoms with Gasteiger partial charge in [0.25, 0.3) is 0 Å².